The molecule has 1 aromatic heterocycles. The van der Waals surface area contributed by atoms with E-state index in [-0.39, 0.29) is 0 Å². The first-order valence-electron chi connectivity index (χ1n) is 5.42. The van der Waals surface area contributed by atoms with Crippen molar-refractivity contribution in [2.75, 3.05) is 5.32 Å². The summed E-state index contributed by atoms with van der Waals surface area (Å²) in [6, 6.07) is -1.41. The van der Waals surface area contributed by atoms with E-state index in [1.165, 1.54) is 12.4 Å². The summed E-state index contributed by atoms with van der Waals surface area (Å²) >= 11 is 0. The second-order valence-electron chi connectivity index (χ2n) is 3.62. The molecule has 0 aromatic carbocycles. The van der Waals surface area contributed by atoms with Gasteiger partial charge in [-0.2, -0.15) is 5.10 Å². The van der Waals surface area contributed by atoms with Gasteiger partial charge in [0.1, 0.15) is 6.04 Å². The number of hydrogen-bond donors (Lipinski definition) is 4. The smallest absolute Gasteiger partial charge is 0.326 e. The lowest BCUT2D eigenvalue weighted by molar-refractivity contribution is -0.139. The molecular weight excluding hydrogens is 224 g/mol. The first-order chi connectivity index (χ1) is 8.13. The molecule has 4 N–H and O–H groups in total. The van der Waals surface area contributed by atoms with Gasteiger partial charge >= 0.3 is 12.0 Å². The van der Waals surface area contributed by atoms with E-state index in [1.807, 2.05) is 6.92 Å². The number of carboxylic acid groups (broad SMARTS) is 1. The molecule has 17 heavy (non-hydrogen) atoms. The monoisotopic (exact) mass is 240 g/mol. The minimum atomic E-state index is -1.03. The maximum atomic E-state index is 11.5. The Kier molecular flexibility index (Phi) is 4.99. The van der Waals surface area contributed by atoms with Crippen LogP contribution in [0.25, 0.3) is 0 Å². The Hall–Kier alpha value is -2.05. The molecule has 94 valence electrons. The highest BCUT2D eigenvalue weighted by atomic mass is 16.4. The molecule has 0 bridgehead atoms. The molecule has 7 heteroatoms. The number of nitrogens with zero attached hydrogens (tertiary/aromatic N) is 1. The van der Waals surface area contributed by atoms with Gasteiger partial charge in [0.05, 0.1) is 11.9 Å². The number of urea groups is 1. The molecule has 1 atom stereocenters. The molecule has 1 rings (SSSR count). The molecule has 0 saturated carbocycles. The van der Waals surface area contributed by atoms with Gasteiger partial charge < -0.3 is 15.7 Å². The van der Waals surface area contributed by atoms with E-state index in [4.69, 9.17) is 5.11 Å². The van der Waals surface area contributed by atoms with Crippen LogP contribution in [0.2, 0.25) is 0 Å². The number of carboxylic acids is 1. The number of carbonyl (C=O) groups is 2. The zero-order chi connectivity index (χ0) is 12.7. The maximum Gasteiger partial charge on any atom is 0.326 e. The van der Waals surface area contributed by atoms with Crippen LogP contribution in [0.5, 0.6) is 0 Å². The van der Waals surface area contributed by atoms with Gasteiger partial charge in [0.25, 0.3) is 0 Å². The Balaban J connectivity index is 2.43. The molecule has 0 spiro atoms. The lowest BCUT2D eigenvalue weighted by atomic mass is 10.1. The summed E-state index contributed by atoms with van der Waals surface area (Å²) in [7, 11) is 0. The molecule has 1 heterocycles. The van der Waals surface area contributed by atoms with E-state index in [2.05, 4.69) is 20.8 Å². The Morgan fingerprint density at radius 3 is 2.88 bits per heavy atom. The SMILES string of the molecule is CCCCC(NC(=O)Nc1cn[nH]c1)C(=O)O. The predicted octanol–water partition coefficient (Wildman–Crippen LogP) is 1.17. The summed E-state index contributed by atoms with van der Waals surface area (Å²) in [6.07, 6.45) is 4.99. The predicted molar refractivity (Wildman–Crippen MR) is 61.7 cm³/mol. The minimum Gasteiger partial charge on any atom is -0.480 e. The molecule has 1 unspecified atom stereocenters. The molecule has 1 aromatic rings. The Bertz CT molecular complexity index is 364. The zero-order valence-electron chi connectivity index (χ0n) is 9.56. The van der Waals surface area contributed by atoms with Crippen LogP contribution < -0.4 is 10.6 Å². The van der Waals surface area contributed by atoms with Crippen molar-refractivity contribution >= 4 is 17.7 Å². The second kappa shape index (κ2) is 6.51. The number of aromatic amines is 1. The standard InChI is InChI=1S/C10H16N4O3/c1-2-3-4-8(9(15)16)14-10(17)13-7-5-11-12-6-7/h5-6,8H,2-4H2,1H3,(H,11,12)(H,15,16)(H2,13,14,17). The third-order valence-corrected chi connectivity index (χ3v) is 2.21. The topological polar surface area (TPSA) is 107 Å². The molecule has 0 fully saturated rings. The van der Waals surface area contributed by atoms with Crippen molar-refractivity contribution in [2.24, 2.45) is 0 Å². The van der Waals surface area contributed by atoms with E-state index < -0.39 is 18.0 Å². The van der Waals surface area contributed by atoms with Gasteiger partial charge in [-0.15, -0.1) is 0 Å². The number of rotatable bonds is 6. The maximum absolute atomic E-state index is 11.5. The summed E-state index contributed by atoms with van der Waals surface area (Å²) in [4.78, 5) is 22.3. The van der Waals surface area contributed by atoms with Crippen molar-refractivity contribution in [3.8, 4) is 0 Å². The summed E-state index contributed by atoms with van der Waals surface area (Å²) in [5.41, 5.74) is 0.488. The van der Waals surface area contributed by atoms with Gasteiger partial charge in [0, 0.05) is 6.20 Å². The van der Waals surface area contributed by atoms with E-state index in [9.17, 15) is 9.59 Å². The number of unbranched alkanes of at least 4 members (excludes halogenated alkanes) is 1. The number of aromatic nitrogens is 2. The van der Waals surface area contributed by atoms with Crippen molar-refractivity contribution in [1.82, 2.24) is 15.5 Å². The van der Waals surface area contributed by atoms with E-state index in [0.717, 1.165) is 12.8 Å². The van der Waals surface area contributed by atoms with E-state index in [1.54, 1.807) is 0 Å². The van der Waals surface area contributed by atoms with Crippen molar-refractivity contribution in [3.05, 3.63) is 12.4 Å². The molecule has 0 aliphatic rings. The highest BCUT2D eigenvalue weighted by Crippen LogP contribution is 2.03. The summed E-state index contributed by atoms with van der Waals surface area (Å²) in [5, 5.41) is 20.0. The van der Waals surface area contributed by atoms with Gasteiger partial charge in [-0.05, 0) is 6.42 Å². The molecule has 0 aliphatic heterocycles. The summed E-state index contributed by atoms with van der Waals surface area (Å²) < 4.78 is 0. The van der Waals surface area contributed by atoms with Crippen LogP contribution in [-0.2, 0) is 4.79 Å². The van der Waals surface area contributed by atoms with Crippen LogP contribution in [-0.4, -0.2) is 33.3 Å². The molecule has 0 radical (unpaired) electrons. The number of amides is 2. The molecule has 0 saturated heterocycles. The van der Waals surface area contributed by atoms with Gasteiger partial charge in [-0.1, -0.05) is 19.8 Å². The van der Waals surface area contributed by atoms with Crippen LogP contribution in [0.15, 0.2) is 12.4 Å². The number of anilines is 1. The number of nitrogens with one attached hydrogen (secondary N) is 3. The van der Waals surface area contributed by atoms with Crippen molar-refractivity contribution < 1.29 is 14.7 Å². The van der Waals surface area contributed by atoms with Crippen molar-refractivity contribution in [1.29, 1.82) is 0 Å². The fourth-order valence-electron chi connectivity index (χ4n) is 1.31. The Labute approximate surface area is 98.6 Å². The highest BCUT2D eigenvalue weighted by Gasteiger charge is 2.19. The summed E-state index contributed by atoms with van der Waals surface area (Å²) in [5.74, 6) is -1.03. The quantitative estimate of drug-likeness (QED) is 0.598. The highest BCUT2D eigenvalue weighted by molar-refractivity contribution is 5.91. The minimum absolute atomic E-state index is 0.421. The van der Waals surface area contributed by atoms with Crippen molar-refractivity contribution in [2.45, 2.75) is 32.2 Å². The second-order valence-corrected chi connectivity index (χ2v) is 3.62. The first-order valence-corrected chi connectivity index (χ1v) is 5.42. The lowest BCUT2D eigenvalue weighted by Crippen LogP contribution is -2.42. The van der Waals surface area contributed by atoms with Gasteiger partial charge in [0.2, 0.25) is 0 Å². The van der Waals surface area contributed by atoms with Gasteiger partial charge in [0.15, 0.2) is 0 Å². The number of hydrogen-bond acceptors (Lipinski definition) is 3. The number of aliphatic carboxylic acids is 1. The normalized spacial score (nSPS) is 11.8. The van der Waals surface area contributed by atoms with Crippen LogP contribution in [0, 0.1) is 0 Å². The molecule has 2 amide bonds. The Morgan fingerprint density at radius 1 is 1.59 bits per heavy atom. The van der Waals surface area contributed by atoms with Gasteiger partial charge in [-0.3, -0.25) is 5.10 Å². The lowest BCUT2D eigenvalue weighted by Gasteiger charge is -2.14. The number of carbonyl (C=O) groups excluding carboxylic acids is 1. The average Bonchev–Trinajstić information content (AvgIpc) is 2.76. The van der Waals surface area contributed by atoms with Crippen LogP contribution in [0.1, 0.15) is 26.2 Å². The third kappa shape index (κ3) is 4.54. The largest absolute Gasteiger partial charge is 0.480 e. The molecule has 7 nitrogen and oxygen atoms in total. The fourth-order valence-corrected chi connectivity index (χ4v) is 1.31. The van der Waals surface area contributed by atoms with E-state index in [0.29, 0.717) is 12.1 Å². The van der Waals surface area contributed by atoms with Crippen LogP contribution in [0.4, 0.5) is 10.5 Å². The first kappa shape index (κ1) is 13.0. The van der Waals surface area contributed by atoms with Crippen LogP contribution in [0.3, 0.4) is 0 Å². The fraction of sp³-hybridized carbons (Fsp3) is 0.500. The average molecular weight is 240 g/mol. The third-order valence-electron chi connectivity index (χ3n) is 2.21. The molecular formula is C10H16N4O3. The number of H-pyrrole nitrogens is 1. The molecule has 0 aliphatic carbocycles. The van der Waals surface area contributed by atoms with Crippen LogP contribution >= 0.6 is 0 Å². The van der Waals surface area contributed by atoms with Gasteiger partial charge in [-0.25, -0.2) is 9.59 Å². The van der Waals surface area contributed by atoms with E-state index >= 15 is 0 Å². The van der Waals surface area contributed by atoms with Crippen molar-refractivity contribution in [3.63, 3.8) is 0 Å². The summed E-state index contributed by atoms with van der Waals surface area (Å²) in [6.45, 7) is 1.96. The Morgan fingerprint density at radius 2 is 2.35 bits per heavy atom. The zero-order valence-corrected chi connectivity index (χ0v) is 9.56.